The summed E-state index contributed by atoms with van der Waals surface area (Å²) in [5.74, 6) is 0.387. The van der Waals surface area contributed by atoms with Gasteiger partial charge in [-0.15, -0.1) is 0 Å². The van der Waals surface area contributed by atoms with E-state index in [1.54, 1.807) is 10.7 Å². The van der Waals surface area contributed by atoms with Gasteiger partial charge in [-0.25, -0.2) is 0 Å². The molecule has 0 saturated heterocycles. The average molecular weight is 168 g/mol. The summed E-state index contributed by atoms with van der Waals surface area (Å²) in [5.41, 5.74) is 1.07. The summed E-state index contributed by atoms with van der Waals surface area (Å²) in [4.78, 5) is 11.3. The molecule has 0 bridgehead atoms. The van der Waals surface area contributed by atoms with E-state index in [1.807, 2.05) is 13.8 Å². The normalized spacial score (nSPS) is 11.5. The van der Waals surface area contributed by atoms with Crippen molar-refractivity contribution in [3.05, 3.63) is 22.1 Å². The summed E-state index contributed by atoms with van der Waals surface area (Å²) in [6.07, 6.45) is 0. The van der Waals surface area contributed by atoms with Crippen LogP contribution in [0.15, 0.2) is 10.9 Å². The van der Waals surface area contributed by atoms with Crippen molar-refractivity contribution in [1.29, 1.82) is 0 Å². The Hall–Kier alpha value is -0.990. The molecule has 0 fully saturated rings. The molecule has 3 nitrogen and oxygen atoms in total. The lowest BCUT2D eigenvalue weighted by Crippen LogP contribution is -2.17. The highest BCUT2D eigenvalue weighted by atomic mass is 16.1. The molecule has 0 saturated carbocycles. The predicted molar refractivity (Wildman–Crippen MR) is 49.5 cm³/mol. The van der Waals surface area contributed by atoms with Crippen LogP contribution in [0.5, 0.6) is 0 Å². The zero-order valence-electron chi connectivity index (χ0n) is 8.09. The summed E-state index contributed by atoms with van der Waals surface area (Å²) in [6, 6.07) is 1.88. The smallest absolute Gasteiger partial charge is 0.266 e. The van der Waals surface area contributed by atoms with Crippen molar-refractivity contribution in [3.63, 3.8) is 0 Å². The van der Waals surface area contributed by atoms with Gasteiger partial charge in [0.1, 0.15) is 0 Å². The monoisotopic (exact) mass is 168 g/mol. The molecular formula is C9H16N2O. The molecule has 1 aromatic rings. The van der Waals surface area contributed by atoms with Crippen LogP contribution < -0.4 is 5.56 Å². The average Bonchev–Trinajstić information content (AvgIpc) is 2.30. The minimum atomic E-state index is 0.0636. The Morgan fingerprint density at radius 2 is 1.92 bits per heavy atom. The van der Waals surface area contributed by atoms with Crippen LogP contribution in [-0.2, 0) is 0 Å². The van der Waals surface area contributed by atoms with Crippen molar-refractivity contribution in [1.82, 2.24) is 9.78 Å². The van der Waals surface area contributed by atoms with Crippen LogP contribution in [0.25, 0.3) is 0 Å². The standard InChI is InChI=1S/C9H16N2O/c1-6(2)8-5-9(12)11(10-8)7(3)4/h5-7,10H,1-4H3. The van der Waals surface area contributed by atoms with Gasteiger partial charge in [0.15, 0.2) is 0 Å². The zero-order chi connectivity index (χ0) is 9.30. The highest BCUT2D eigenvalue weighted by Gasteiger charge is 2.07. The summed E-state index contributed by atoms with van der Waals surface area (Å²) in [5, 5.41) is 3.08. The molecule has 1 heterocycles. The van der Waals surface area contributed by atoms with E-state index in [9.17, 15) is 4.79 Å². The highest BCUT2D eigenvalue weighted by molar-refractivity contribution is 5.04. The third kappa shape index (κ3) is 1.60. The Bertz CT molecular complexity index is 307. The third-order valence-electron chi connectivity index (χ3n) is 1.90. The molecule has 12 heavy (non-hydrogen) atoms. The molecule has 0 aliphatic carbocycles. The SMILES string of the molecule is CC(C)c1cc(=O)n(C(C)C)[nH]1. The lowest BCUT2D eigenvalue weighted by Gasteiger charge is -2.05. The fourth-order valence-corrected chi connectivity index (χ4v) is 1.11. The van der Waals surface area contributed by atoms with Gasteiger partial charge < -0.3 is 0 Å². The summed E-state index contributed by atoms with van der Waals surface area (Å²) in [6.45, 7) is 8.11. The summed E-state index contributed by atoms with van der Waals surface area (Å²) < 4.78 is 1.65. The van der Waals surface area contributed by atoms with Crippen LogP contribution in [0, 0.1) is 0 Å². The molecule has 0 radical (unpaired) electrons. The van der Waals surface area contributed by atoms with Crippen molar-refractivity contribution >= 4 is 0 Å². The van der Waals surface area contributed by atoms with E-state index in [-0.39, 0.29) is 11.6 Å². The Balaban J connectivity index is 3.09. The van der Waals surface area contributed by atoms with Crippen LogP contribution in [0.3, 0.4) is 0 Å². The van der Waals surface area contributed by atoms with Gasteiger partial charge >= 0.3 is 0 Å². The van der Waals surface area contributed by atoms with Gasteiger partial charge in [0.05, 0.1) is 0 Å². The number of hydrogen-bond donors (Lipinski definition) is 1. The lowest BCUT2D eigenvalue weighted by molar-refractivity contribution is 0.508. The van der Waals surface area contributed by atoms with Crippen molar-refractivity contribution in [2.45, 2.75) is 39.7 Å². The first-order chi connectivity index (χ1) is 5.52. The molecule has 1 rings (SSSR count). The van der Waals surface area contributed by atoms with Crippen LogP contribution in [0.4, 0.5) is 0 Å². The van der Waals surface area contributed by atoms with Crippen LogP contribution in [-0.4, -0.2) is 9.78 Å². The van der Waals surface area contributed by atoms with Crippen molar-refractivity contribution < 1.29 is 0 Å². The van der Waals surface area contributed by atoms with Gasteiger partial charge in [-0.1, -0.05) is 13.8 Å². The van der Waals surface area contributed by atoms with Gasteiger partial charge in [-0.05, 0) is 19.8 Å². The number of hydrogen-bond acceptors (Lipinski definition) is 1. The first-order valence-electron chi connectivity index (χ1n) is 4.33. The van der Waals surface area contributed by atoms with Crippen molar-refractivity contribution in [2.75, 3.05) is 0 Å². The zero-order valence-corrected chi connectivity index (χ0v) is 8.09. The van der Waals surface area contributed by atoms with Gasteiger partial charge in [0, 0.05) is 17.8 Å². The fraction of sp³-hybridized carbons (Fsp3) is 0.667. The van der Waals surface area contributed by atoms with Gasteiger partial charge in [-0.3, -0.25) is 14.6 Å². The van der Waals surface area contributed by atoms with Gasteiger partial charge in [0.25, 0.3) is 5.56 Å². The number of rotatable bonds is 2. The number of nitrogens with one attached hydrogen (secondary N) is 1. The summed E-state index contributed by atoms with van der Waals surface area (Å²) in [7, 11) is 0. The minimum Gasteiger partial charge on any atom is -0.299 e. The van der Waals surface area contributed by atoms with E-state index in [4.69, 9.17) is 0 Å². The Morgan fingerprint density at radius 3 is 2.17 bits per heavy atom. The summed E-state index contributed by atoms with van der Waals surface area (Å²) >= 11 is 0. The fourth-order valence-electron chi connectivity index (χ4n) is 1.11. The third-order valence-corrected chi connectivity index (χ3v) is 1.90. The number of aromatic nitrogens is 2. The quantitative estimate of drug-likeness (QED) is 0.719. The molecule has 1 N–H and O–H groups in total. The molecule has 0 aliphatic heterocycles. The molecule has 0 spiro atoms. The highest BCUT2D eigenvalue weighted by Crippen LogP contribution is 2.09. The van der Waals surface area contributed by atoms with Gasteiger partial charge in [-0.2, -0.15) is 0 Å². The van der Waals surface area contributed by atoms with Crippen LogP contribution in [0.2, 0.25) is 0 Å². The number of nitrogens with zero attached hydrogens (tertiary/aromatic N) is 1. The maximum absolute atomic E-state index is 11.3. The Morgan fingerprint density at radius 1 is 1.33 bits per heavy atom. The predicted octanol–water partition coefficient (Wildman–Crippen LogP) is 1.88. The molecule has 1 aromatic heterocycles. The van der Waals surface area contributed by atoms with Gasteiger partial charge in [0.2, 0.25) is 0 Å². The van der Waals surface area contributed by atoms with E-state index in [0.717, 1.165) is 5.69 Å². The second-order valence-corrected chi connectivity index (χ2v) is 3.67. The van der Waals surface area contributed by atoms with E-state index >= 15 is 0 Å². The van der Waals surface area contributed by atoms with E-state index in [0.29, 0.717) is 5.92 Å². The van der Waals surface area contributed by atoms with Crippen molar-refractivity contribution in [3.8, 4) is 0 Å². The molecule has 3 heteroatoms. The first-order valence-corrected chi connectivity index (χ1v) is 4.33. The van der Waals surface area contributed by atoms with Crippen molar-refractivity contribution in [2.24, 2.45) is 0 Å². The second-order valence-electron chi connectivity index (χ2n) is 3.67. The van der Waals surface area contributed by atoms with E-state index < -0.39 is 0 Å². The maximum Gasteiger partial charge on any atom is 0.266 e. The first kappa shape index (κ1) is 9.10. The number of H-pyrrole nitrogens is 1. The Labute approximate surface area is 72.4 Å². The van der Waals surface area contributed by atoms with E-state index in [2.05, 4.69) is 18.9 Å². The van der Waals surface area contributed by atoms with Crippen LogP contribution in [0.1, 0.15) is 45.3 Å². The molecule has 0 aromatic carbocycles. The lowest BCUT2D eigenvalue weighted by atomic mass is 10.1. The molecule has 0 amide bonds. The molecule has 68 valence electrons. The molecule has 0 unspecified atom stereocenters. The maximum atomic E-state index is 11.3. The molecule has 0 atom stereocenters. The molecule has 0 aliphatic rings. The van der Waals surface area contributed by atoms with E-state index in [1.165, 1.54) is 0 Å². The van der Waals surface area contributed by atoms with Crippen LogP contribution >= 0.6 is 0 Å². The minimum absolute atomic E-state index is 0.0636. The number of aromatic amines is 1. The topological polar surface area (TPSA) is 37.8 Å². The Kier molecular flexibility index (Phi) is 2.40. The molecular weight excluding hydrogens is 152 g/mol. The largest absolute Gasteiger partial charge is 0.299 e. The second kappa shape index (κ2) is 3.17.